The maximum atomic E-state index is 12.7. The molecule has 0 radical (unpaired) electrons. The highest BCUT2D eigenvalue weighted by atomic mass is 16.1. The van der Waals surface area contributed by atoms with Crippen LogP contribution in [0.3, 0.4) is 0 Å². The molecule has 0 spiro atoms. The fourth-order valence-electron chi connectivity index (χ4n) is 3.32. The molecule has 1 fully saturated rings. The summed E-state index contributed by atoms with van der Waals surface area (Å²) in [6.07, 6.45) is 4.70. The van der Waals surface area contributed by atoms with Gasteiger partial charge in [0.25, 0.3) is 5.56 Å². The molecule has 3 aromatic rings. The SMILES string of the molecule is Cc1cc(NC2=CC(C3CC3)NN2)nc2nc3ccccc3c(=O)n12. The average molecular weight is 334 g/mol. The molecule has 1 atom stereocenters. The van der Waals surface area contributed by atoms with Crippen LogP contribution in [0.5, 0.6) is 0 Å². The van der Waals surface area contributed by atoms with Gasteiger partial charge in [0.2, 0.25) is 5.78 Å². The number of benzene rings is 1. The van der Waals surface area contributed by atoms with E-state index in [2.05, 4.69) is 32.2 Å². The number of aromatic nitrogens is 3. The van der Waals surface area contributed by atoms with E-state index in [1.807, 2.05) is 31.2 Å². The van der Waals surface area contributed by atoms with E-state index in [1.54, 1.807) is 10.5 Å². The molecule has 0 bridgehead atoms. The molecule has 1 aromatic carbocycles. The van der Waals surface area contributed by atoms with Gasteiger partial charge in [-0.1, -0.05) is 12.1 Å². The zero-order valence-corrected chi connectivity index (χ0v) is 13.8. The number of para-hydroxylation sites is 1. The average Bonchev–Trinajstić information content (AvgIpc) is 3.35. The number of hydrazine groups is 1. The standard InChI is InChI=1S/C18H18N6O/c1-10-8-15(20-16-9-14(22-23-16)11-6-7-11)21-18-19-13-5-3-2-4-12(13)17(25)24(10)18/h2-5,8-9,11,14,22-23H,6-7H2,1H3,(H,19,20,21). The van der Waals surface area contributed by atoms with Gasteiger partial charge in [0.15, 0.2) is 0 Å². The lowest BCUT2D eigenvalue weighted by Crippen LogP contribution is -2.34. The van der Waals surface area contributed by atoms with Crippen molar-refractivity contribution in [1.29, 1.82) is 0 Å². The smallest absolute Gasteiger partial charge is 0.267 e. The number of fused-ring (bicyclic) bond motifs is 2. The molecular weight excluding hydrogens is 316 g/mol. The molecule has 25 heavy (non-hydrogen) atoms. The summed E-state index contributed by atoms with van der Waals surface area (Å²) in [7, 11) is 0. The number of nitrogens with one attached hydrogen (secondary N) is 3. The normalized spacial score (nSPS) is 19.9. The van der Waals surface area contributed by atoms with Crippen molar-refractivity contribution in [3.8, 4) is 0 Å². The Hall–Kier alpha value is -2.93. The minimum Gasteiger partial charge on any atom is -0.326 e. The van der Waals surface area contributed by atoms with Gasteiger partial charge in [-0.3, -0.25) is 4.79 Å². The van der Waals surface area contributed by atoms with Crippen molar-refractivity contribution in [2.45, 2.75) is 25.8 Å². The second-order valence-corrected chi connectivity index (χ2v) is 6.69. The molecule has 7 heteroatoms. The second-order valence-electron chi connectivity index (χ2n) is 6.69. The maximum absolute atomic E-state index is 12.7. The minimum atomic E-state index is -0.0918. The van der Waals surface area contributed by atoms with Gasteiger partial charge < -0.3 is 10.7 Å². The van der Waals surface area contributed by atoms with Crippen molar-refractivity contribution in [2.24, 2.45) is 5.92 Å². The quantitative estimate of drug-likeness (QED) is 0.632. The Balaban J connectivity index is 1.57. The van der Waals surface area contributed by atoms with Gasteiger partial charge in [0.1, 0.15) is 11.6 Å². The molecule has 126 valence electrons. The Morgan fingerprint density at radius 2 is 2.08 bits per heavy atom. The van der Waals surface area contributed by atoms with Crippen molar-refractivity contribution in [3.05, 3.63) is 58.3 Å². The third-order valence-electron chi connectivity index (χ3n) is 4.79. The molecule has 2 aromatic heterocycles. The summed E-state index contributed by atoms with van der Waals surface area (Å²) < 4.78 is 1.55. The van der Waals surface area contributed by atoms with Crippen LogP contribution >= 0.6 is 0 Å². The molecule has 7 nitrogen and oxygen atoms in total. The molecule has 1 unspecified atom stereocenters. The number of nitrogens with zero attached hydrogens (tertiary/aromatic N) is 3. The summed E-state index contributed by atoms with van der Waals surface area (Å²) in [5, 5.41) is 3.87. The monoisotopic (exact) mass is 334 g/mol. The molecule has 1 aliphatic heterocycles. The third-order valence-corrected chi connectivity index (χ3v) is 4.79. The first-order chi connectivity index (χ1) is 12.2. The number of hydrogen-bond donors (Lipinski definition) is 3. The van der Waals surface area contributed by atoms with Crippen LogP contribution in [0.1, 0.15) is 18.5 Å². The molecule has 0 saturated heterocycles. The first kappa shape index (κ1) is 14.4. The van der Waals surface area contributed by atoms with E-state index < -0.39 is 0 Å². The Labute approximate surface area is 143 Å². The van der Waals surface area contributed by atoms with Crippen molar-refractivity contribution in [1.82, 2.24) is 25.2 Å². The van der Waals surface area contributed by atoms with Crippen LogP contribution in [0.15, 0.2) is 47.0 Å². The fraction of sp³-hybridized carbons (Fsp3) is 0.278. The number of hydrogen-bond acceptors (Lipinski definition) is 6. The molecule has 2 aliphatic rings. The van der Waals surface area contributed by atoms with E-state index in [0.717, 1.165) is 17.4 Å². The zero-order chi connectivity index (χ0) is 17.0. The van der Waals surface area contributed by atoms with Crippen LogP contribution in [-0.2, 0) is 0 Å². The van der Waals surface area contributed by atoms with Crippen LogP contribution in [-0.4, -0.2) is 20.4 Å². The highest BCUT2D eigenvalue weighted by Gasteiger charge is 2.32. The highest BCUT2D eigenvalue weighted by Crippen LogP contribution is 2.34. The summed E-state index contributed by atoms with van der Waals surface area (Å²) in [4.78, 5) is 21.8. The Kier molecular flexibility index (Phi) is 3.05. The van der Waals surface area contributed by atoms with Crippen LogP contribution in [0.4, 0.5) is 5.82 Å². The molecule has 0 amide bonds. The summed E-state index contributed by atoms with van der Waals surface area (Å²) in [5.74, 6) is 2.68. The van der Waals surface area contributed by atoms with Crippen molar-refractivity contribution < 1.29 is 0 Å². The summed E-state index contributed by atoms with van der Waals surface area (Å²) >= 11 is 0. The van der Waals surface area contributed by atoms with Gasteiger partial charge in [-0.2, -0.15) is 4.98 Å². The van der Waals surface area contributed by atoms with Crippen LogP contribution in [0.25, 0.3) is 16.7 Å². The predicted octanol–water partition coefficient (Wildman–Crippen LogP) is 1.69. The van der Waals surface area contributed by atoms with Crippen molar-refractivity contribution in [2.75, 3.05) is 5.32 Å². The van der Waals surface area contributed by atoms with E-state index in [-0.39, 0.29) is 5.56 Å². The lowest BCUT2D eigenvalue weighted by Gasteiger charge is -2.11. The number of rotatable bonds is 3. The Bertz CT molecular complexity index is 1080. The van der Waals surface area contributed by atoms with Gasteiger partial charge in [-0.05, 0) is 43.9 Å². The van der Waals surface area contributed by atoms with Gasteiger partial charge in [-0.25, -0.2) is 14.8 Å². The summed E-state index contributed by atoms with van der Waals surface area (Å²) in [6, 6.07) is 9.57. The number of aryl methyl sites for hydroxylation is 1. The molecule has 1 aliphatic carbocycles. The first-order valence-electron chi connectivity index (χ1n) is 8.48. The first-order valence-corrected chi connectivity index (χ1v) is 8.48. The minimum absolute atomic E-state index is 0.0918. The highest BCUT2D eigenvalue weighted by molar-refractivity contribution is 5.79. The molecule has 1 saturated carbocycles. The van der Waals surface area contributed by atoms with E-state index in [9.17, 15) is 4.79 Å². The summed E-state index contributed by atoms with van der Waals surface area (Å²) in [5.41, 5.74) is 7.78. The van der Waals surface area contributed by atoms with Gasteiger partial charge in [0.05, 0.1) is 16.9 Å². The van der Waals surface area contributed by atoms with Gasteiger partial charge in [0, 0.05) is 11.8 Å². The maximum Gasteiger partial charge on any atom is 0.267 e. The van der Waals surface area contributed by atoms with Crippen LogP contribution < -0.4 is 21.7 Å². The summed E-state index contributed by atoms with van der Waals surface area (Å²) in [6.45, 7) is 1.89. The van der Waals surface area contributed by atoms with Crippen LogP contribution in [0, 0.1) is 12.8 Å². The molecular formula is C18H18N6O. The lowest BCUT2D eigenvalue weighted by molar-refractivity contribution is 0.530. The second kappa shape index (κ2) is 5.29. The predicted molar refractivity (Wildman–Crippen MR) is 96.0 cm³/mol. The molecule has 3 heterocycles. The zero-order valence-electron chi connectivity index (χ0n) is 13.8. The fourth-order valence-corrected chi connectivity index (χ4v) is 3.32. The largest absolute Gasteiger partial charge is 0.326 e. The third kappa shape index (κ3) is 2.44. The Morgan fingerprint density at radius 1 is 1.24 bits per heavy atom. The molecule has 3 N–H and O–H groups in total. The Morgan fingerprint density at radius 3 is 2.92 bits per heavy atom. The van der Waals surface area contributed by atoms with Gasteiger partial charge in [-0.15, -0.1) is 0 Å². The van der Waals surface area contributed by atoms with E-state index >= 15 is 0 Å². The molecule has 5 rings (SSSR count). The van der Waals surface area contributed by atoms with Crippen molar-refractivity contribution >= 4 is 22.5 Å². The van der Waals surface area contributed by atoms with E-state index in [1.165, 1.54) is 12.8 Å². The number of anilines is 1. The lowest BCUT2D eigenvalue weighted by atomic mass is 10.2. The van der Waals surface area contributed by atoms with Crippen molar-refractivity contribution in [3.63, 3.8) is 0 Å². The van der Waals surface area contributed by atoms with E-state index in [4.69, 9.17) is 0 Å². The van der Waals surface area contributed by atoms with Crippen LogP contribution in [0.2, 0.25) is 0 Å². The van der Waals surface area contributed by atoms with Gasteiger partial charge >= 0.3 is 0 Å². The topological polar surface area (TPSA) is 83.3 Å². The van der Waals surface area contributed by atoms with E-state index in [0.29, 0.717) is 28.5 Å².